The Balaban J connectivity index is 2.00. The van der Waals surface area contributed by atoms with Gasteiger partial charge in [-0.1, -0.05) is 30.3 Å². The molecule has 0 aliphatic carbocycles. The average molecular weight is 276 g/mol. The van der Waals surface area contributed by atoms with Crippen molar-refractivity contribution in [3.8, 4) is 0 Å². The summed E-state index contributed by atoms with van der Waals surface area (Å²) in [6.07, 6.45) is 2.98. The van der Waals surface area contributed by atoms with Crippen LogP contribution in [-0.4, -0.2) is 33.1 Å². The minimum Gasteiger partial charge on any atom is -0.375 e. The van der Waals surface area contributed by atoms with Gasteiger partial charge in [-0.15, -0.1) is 0 Å². The molecule has 2 rings (SSSR count). The summed E-state index contributed by atoms with van der Waals surface area (Å²) in [5.41, 5.74) is -0.614. The number of nitro groups is 1. The fraction of sp³-hybridized carbons (Fsp3) is 0.308. The molecule has 3 N–H and O–H groups in total. The van der Waals surface area contributed by atoms with Gasteiger partial charge in [-0.05, 0) is 5.56 Å². The molecule has 1 aromatic heterocycles. The Morgan fingerprint density at radius 1 is 1.40 bits per heavy atom. The second kappa shape index (κ2) is 6.27. The molecule has 0 amide bonds. The van der Waals surface area contributed by atoms with E-state index in [1.807, 2.05) is 30.3 Å². The second-order valence-electron chi connectivity index (χ2n) is 4.55. The van der Waals surface area contributed by atoms with E-state index >= 15 is 0 Å². The number of nitrogens with zero attached hydrogens (tertiary/aromatic N) is 2. The molecule has 0 saturated heterocycles. The molecule has 0 aliphatic rings. The summed E-state index contributed by atoms with van der Waals surface area (Å²) >= 11 is 0. The van der Waals surface area contributed by atoms with Crippen molar-refractivity contribution in [1.82, 2.24) is 15.3 Å². The van der Waals surface area contributed by atoms with E-state index in [2.05, 4.69) is 15.3 Å². The number of aliphatic hydroxyl groups is 1. The lowest BCUT2D eigenvalue weighted by Gasteiger charge is -2.22. The quantitative estimate of drug-likeness (QED) is 0.509. The van der Waals surface area contributed by atoms with E-state index in [9.17, 15) is 15.2 Å². The summed E-state index contributed by atoms with van der Waals surface area (Å²) in [7, 11) is 0. The largest absolute Gasteiger partial charge is 0.375 e. The summed E-state index contributed by atoms with van der Waals surface area (Å²) in [5.74, 6) is 0.190. The maximum Gasteiger partial charge on any atom is 0.240 e. The van der Waals surface area contributed by atoms with Gasteiger partial charge in [0, 0.05) is 30.4 Å². The first kappa shape index (κ1) is 14.2. The van der Waals surface area contributed by atoms with Crippen LogP contribution in [0.25, 0.3) is 0 Å². The van der Waals surface area contributed by atoms with Crippen LogP contribution in [-0.2, 0) is 12.1 Å². The second-order valence-corrected chi connectivity index (χ2v) is 4.55. The van der Waals surface area contributed by atoms with Crippen LogP contribution in [0.3, 0.4) is 0 Å². The Morgan fingerprint density at radius 2 is 2.15 bits per heavy atom. The van der Waals surface area contributed by atoms with E-state index in [1.165, 1.54) is 12.4 Å². The van der Waals surface area contributed by atoms with Crippen LogP contribution in [0.5, 0.6) is 0 Å². The van der Waals surface area contributed by atoms with Crippen LogP contribution >= 0.6 is 0 Å². The lowest BCUT2D eigenvalue weighted by Crippen LogP contribution is -2.44. The van der Waals surface area contributed by atoms with Crippen LogP contribution in [0.15, 0.2) is 42.7 Å². The third-order valence-corrected chi connectivity index (χ3v) is 2.92. The third-order valence-electron chi connectivity index (χ3n) is 2.92. The molecule has 0 fully saturated rings. The highest BCUT2D eigenvalue weighted by molar-refractivity contribution is 5.14. The fourth-order valence-electron chi connectivity index (χ4n) is 1.96. The zero-order valence-electron chi connectivity index (χ0n) is 10.8. The molecular formula is C13H16N4O3. The molecule has 106 valence electrons. The predicted molar refractivity (Wildman–Crippen MR) is 72.5 cm³/mol. The Morgan fingerprint density at radius 3 is 2.75 bits per heavy atom. The first-order chi connectivity index (χ1) is 9.60. The van der Waals surface area contributed by atoms with Gasteiger partial charge in [-0.3, -0.25) is 10.1 Å². The van der Waals surface area contributed by atoms with Crippen molar-refractivity contribution >= 4 is 0 Å². The number of aromatic nitrogens is 2. The van der Waals surface area contributed by atoms with Crippen molar-refractivity contribution in [2.45, 2.75) is 12.1 Å². The molecule has 0 spiro atoms. The Bertz CT molecular complexity index is 544. The first-order valence-corrected chi connectivity index (χ1v) is 6.19. The third kappa shape index (κ3) is 3.62. The van der Waals surface area contributed by atoms with Gasteiger partial charge in [0.05, 0.1) is 0 Å². The van der Waals surface area contributed by atoms with Crippen molar-refractivity contribution in [3.05, 3.63) is 64.2 Å². The molecule has 2 aromatic rings. The summed E-state index contributed by atoms with van der Waals surface area (Å²) in [6.45, 7) is -0.0553. The van der Waals surface area contributed by atoms with Crippen LogP contribution in [0.4, 0.5) is 0 Å². The normalized spacial score (nSPS) is 13.8. The van der Waals surface area contributed by atoms with Crippen molar-refractivity contribution in [2.24, 2.45) is 0 Å². The minimum absolute atomic E-state index is 0.0381. The smallest absolute Gasteiger partial charge is 0.240 e. The monoisotopic (exact) mass is 276 g/mol. The Kier molecular flexibility index (Phi) is 4.44. The number of aromatic amines is 1. The number of rotatable bonds is 7. The number of benzene rings is 1. The number of H-pyrrole nitrogens is 1. The lowest BCUT2D eigenvalue weighted by molar-refractivity contribution is -0.502. The Hall–Kier alpha value is -2.25. The van der Waals surface area contributed by atoms with Gasteiger partial charge in [0.25, 0.3) is 0 Å². The number of imidazole rings is 1. The summed E-state index contributed by atoms with van der Waals surface area (Å²) in [5, 5.41) is 24.2. The van der Waals surface area contributed by atoms with E-state index in [0.717, 1.165) is 5.56 Å². The highest BCUT2D eigenvalue weighted by Gasteiger charge is 2.37. The average Bonchev–Trinajstić information content (AvgIpc) is 2.93. The standard InChI is InChI=1S/C13H16N4O3/c18-13(10-17(19)20,12-15-6-7-16-12)9-14-8-11-4-2-1-3-5-11/h1-7,14,18H,8-10H2,(H,15,16). The van der Waals surface area contributed by atoms with E-state index in [-0.39, 0.29) is 12.4 Å². The Labute approximate surface area is 115 Å². The van der Waals surface area contributed by atoms with Crippen LogP contribution in [0.2, 0.25) is 0 Å². The molecule has 0 radical (unpaired) electrons. The summed E-state index contributed by atoms with van der Waals surface area (Å²) in [4.78, 5) is 16.8. The van der Waals surface area contributed by atoms with Gasteiger partial charge in [0.1, 0.15) is 5.82 Å². The van der Waals surface area contributed by atoms with Crippen molar-refractivity contribution in [3.63, 3.8) is 0 Å². The van der Waals surface area contributed by atoms with E-state index < -0.39 is 17.1 Å². The molecule has 7 heteroatoms. The highest BCUT2D eigenvalue weighted by atomic mass is 16.6. The van der Waals surface area contributed by atoms with Crippen LogP contribution < -0.4 is 5.32 Å². The van der Waals surface area contributed by atoms with Crippen LogP contribution in [0, 0.1) is 10.1 Å². The number of hydrogen-bond acceptors (Lipinski definition) is 5. The molecule has 1 heterocycles. The van der Waals surface area contributed by atoms with Crippen molar-refractivity contribution < 1.29 is 10.0 Å². The highest BCUT2D eigenvalue weighted by Crippen LogP contribution is 2.16. The van der Waals surface area contributed by atoms with Crippen molar-refractivity contribution in [2.75, 3.05) is 13.1 Å². The molecule has 0 bridgehead atoms. The minimum atomic E-state index is -1.65. The van der Waals surface area contributed by atoms with E-state index in [4.69, 9.17) is 0 Å². The number of hydrogen-bond donors (Lipinski definition) is 3. The van der Waals surface area contributed by atoms with Gasteiger partial charge in [0.15, 0.2) is 5.60 Å². The van der Waals surface area contributed by atoms with Gasteiger partial charge in [0.2, 0.25) is 6.54 Å². The van der Waals surface area contributed by atoms with Gasteiger partial charge >= 0.3 is 0 Å². The molecular weight excluding hydrogens is 260 g/mol. The van der Waals surface area contributed by atoms with Crippen molar-refractivity contribution in [1.29, 1.82) is 0 Å². The molecule has 7 nitrogen and oxygen atoms in total. The molecule has 1 unspecified atom stereocenters. The number of nitrogens with one attached hydrogen (secondary N) is 2. The SMILES string of the molecule is O=[N+]([O-])CC(O)(CNCc1ccccc1)c1ncc[nH]1. The zero-order chi connectivity index (χ0) is 14.4. The summed E-state index contributed by atoms with van der Waals surface area (Å²) in [6, 6.07) is 9.61. The van der Waals surface area contributed by atoms with E-state index in [1.54, 1.807) is 0 Å². The molecule has 1 aromatic carbocycles. The van der Waals surface area contributed by atoms with Gasteiger partial charge < -0.3 is 15.4 Å². The summed E-state index contributed by atoms with van der Waals surface area (Å²) < 4.78 is 0. The maximum absolute atomic E-state index is 10.7. The van der Waals surface area contributed by atoms with Crippen LogP contribution in [0.1, 0.15) is 11.4 Å². The predicted octanol–water partition coefficient (Wildman–Crippen LogP) is 0.664. The molecule has 0 aliphatic heterocycles. The van der Waals surface area contributed by atoms with E-state index in [0.29, 0.717) is 6.54 Å². The zero-order valence-corrected chi connectivity index (χ0v) is 10.8. The topological polar surface area (TPSA) is 104 Å². The first-order valence-electron chi connectivity index (χ1n) is 6.19. The maximum atomic E-state index is 10.7. The molecule has 0 saturated carbocycles. The van der Waals surface area contributed by atoms with Gasteiger partial charge in [-0.25, -0.2) is 4.98 Å². The fourth-order valence-corrected chi connectivity index (χ4v) is 1.96. The lowest BCUT2D eigenvalue weighted by atomic mass is 10.0. The van der Waals surface area contributed by atoms with Gasteiger partial charge in [-0.2, -0.15) is 0 Å². The molecule has 1 atom stereocenters. The molecule has 20 heavy (non-hydrogen) atoms.